The Morgan fingerprint density at radius 3 is 3.08 bits per heavy atom. The molecule has 2 heterocycles. The molecule has 3 rings (SSSR count). The van der Waals surface area contributed by atoms with E-state index in [-0.39, 0.29) is 34.1 Å². The summed E-state index contributed by atoms with van der Waals surface area (Å²) in [5, 5.41) is 19.4. The molecule has 2 aromatic rings. The standard InChI is InChI=1S/C15H11ClFN5O2/c1-22-14(8(6-18)7-19-22)20-15(23)12-5-11(21-24-12)13-9(16)3-2-4-10(13)17/h2-4,7,12H,5H2,1H3,(H,20,23)/t12-/m0/s1. The first-order valence-electron chi connectivity index (χ1n) is 6.91. The lowest BCUT2D eigenvalue weighted by molar-refractivity contribution is -0.125. The molecule has 1 aromatic carbocycles. The zero-order valence-electron chi connectivity index (χ0n) is 12.5. The van der Waals surface area contributed by atoms with Crippen molar-refractivity contribution in [3.8, 4) is 6.07 Å². The Labute approximate surface area is 141 Å². The second-order valence-electron chi connectivity index (χ2n) is 5.06. The lowest BCUT2D eigenvalue weighted by Gasteiger charge is -2.10. The number of hydrogen-bond acceptors (Lipinski definition) is 5. The number of oxime groups is 1. The minimum absolute atomic E-state index is 0.0617. The van der Waals surface area contributed by atoms with Gasteiger partial charge in [-0.25, -0.2) is 4.39 Å². The molecule has 122 valence electrons. The normalized spacial score (nSPS) is 16.2. The second kappa shape index (κ2) is 6.29. The van der Waals surface area contributed by atoms with Crippen LogP contribution in [0.3, 0.4) is 0 Å². The SMILES string of the molecule is Cn1ncc(C#N)c1NC(=O)[C@@H]1CC(c2c(F)cccc2Cl)=NO1. The third-order valence-corrected chi connectivity index (χ3v) is 3.83. The summed E-state index contributed by atoms with van der Waals surface area (Å²) in [6.07, 6.45) is 0.454. The Morgan fingerprint density at radius 1 is 1.58 bits per heavy atom. The van der Waals surface area contributed by atoms with Crippen LogP contribution in [0.15, 0.2) is 29.6 Å². The number of anilines is 1. The number of amides is 1. The summed E-state index contributed by atoms with van der Waals surface area (Å²) < 4.78 is 15.3. The van der Waals surface area contributed by atoms with E-state index in [4.69, 9.17) is 21.7 Å². The van der Waals surface area contributed by atoms with Crippen LogP contribution in [0.5, 0.6) is 0 Å². The van der Waals surface area contributed by atoms with Crippen molar-refractivity contribution in [1.82, 2.24) is 9.78 Å². The Morgan fingerprint density at radius 2 is 2.38 bits per heavy atom. The summed E-state index contributed by atoms with van der Waals surface area (Å²) >= 11 is 5.99. The zero-order valence-corrected chi connectivity index (χ0v) is 13.2. The molecule has 9 heteroatoms. The van der Waals surface area contributed by atoms with Crippen molar-refractivity contribution in [3.63, 3.8) is 0 Å². The van der Waals surface area contributed by atoms with Crippen molar-refractivity contribution in [1.29, 1.82) is 5.26 Å². The fraction of sp³-hybridized carbons (Fsp3) is 0.200. The van der Waals surface area contributed by atoms with Gasteiger partial charge in [0.15, 0.2) is 0 Å². The number of nitrogens with one attached hydrogen (secondary N) is 1. The quantitative estimate of drug-likeness (QED) is 0.921. The van der Waals surface area contributed by atoms with Gasteiger partial charge in [-0.3, -0.25) is 9.48 Å². The molecule has 1 atom stereocenters. The fourth-order valence-electron chi connectivity index (χ4n) is 2.30. The average Bonchev–Trinajstić information content (AvgIpc) is 3.15. The van der Waals surface area contributed by atoms with Crippen molar-refractivity contribution in [2.24, 2.45) is 12.2 Å². The molecule has 24 heavy (non-hydrogen) atoms. The molecule has 0 spiro atoms. The van der Waals surface area contributed by atoms with Gasteiger partial charge in [0.05, 0.1) is 22.5 Å². The molecule has 1 N–H and O–H groups in total. The van der Waals surface area contributed by atoms with Crippen molar-refractivity contribution < 1.29 is 14.0 Å². The third kappa shape index (κ3) is 2.81. The van der Waals surface area contributed by atoms with Gasteiger partial charge < -0.3 is 10.2 Å². The maximum Gasteiger partial charge on any atom is 0.269 e. The number of rotatable bonds is 3. The molecule has 1 aromatic heterocycles. The summed E-state index contributed by atoms with van der Waals surface area (Å²) in [5.41, 5.74) is 0.596. The van der Waals surface area contributed by atoms with Crippen LogP contribution in [-0.4, -0.2) is 27.5 Å². The number of aromatic nitrogens is 2. The van der Waals surface area contributed by atoms with E-state index in [2.05, 4.69) is 15.6 Å². The van der Waals surface area contributed by atoms with Gasteiger partial charge in [0.25, 0.3) is 5.91 Å². The molecule has 0 saturated heterocycles. The smallest absolute Gasteiger partial charge is 0.269 e. The fourth-order valence-corrected chi connectivity index (χ4v) is 2.58. The van der Waals surface area contributed by atoms with Crippen molar-refractivity contribution in [2.75, 3.05) is 5.32 Å². The summed E-state index contributed by atoms with van der Waals surface area (Å²) in [4.78, 5) is 17.4. The summed E-state index contributed by atoms with van der Waals surface area (Å²) in [7, 11) is 1.59. The summed E-state index contributed by atoms with van der Waals surface area (Å²) in [6, 6.07) is 6.20. The minimum Gasteiger partial charge on any atom is -0.382 e. The molecule has 0 radical (unpaired) electrons. The van der Waals surface area contributed by atoms with Gasteiger partial charge in [-0.05, 0) is 12.1 Å². The number of carbonyl (C=O) groups excluding carboxylic acids is 1. The number of hydrogen-bond donors (Lipinski definition) is 1. The number of aryl methyl sites for hydroxylation is 1. The van der Waals surface area contributed by atoms with E-state index in [1.54, 1.807) is 7.05 Å². The Kier molecular flexibility index (Phi) is 4.18. The van der Waals surface area contributed by atoms with Crippen LogP contribution in [0.2, 0.25) is 5.02 Å². The monoisotopic (exact) mass is 347 g/mol. The molecule has 7 nitrogen and oxygen atoms in total. The third-order valence-electron chi connectivity index (χ3n) is 3.51. The van der Waals surface area contributed by atoms with Crippen molar-refractivity contribution in [3.05, 3.63) is 46.4 Å². The van der Waals surface area contributed by atoms with Crippen molar-refractivity contribution in [2.45, 2.75) is 12.5 Å². The first-order chi connectivity index (χ1) is 11.5. The Hall–Kier alpha value is -2.92. The molecular formula is C15H11ClFN5O2. The van der Waals surface area contributed by atoms with Crippen LogP contribution in [-0.2, 0) is 16.7 Å². The summed E-state index contributed by atoms with van der Waals surface area (Å²) in [5.74, 6) is -0.797. The molecule has 0 bridgehead atoms. The molecule has 0 unspecified atom stereocenters. The highest BCUT2D eigenvalue weighted by molar-refractivity contribution is 6.34. The highest BCUT2D eigenvalue weighted by Crippen LogP contribution is 2.26. The van der Waals surface area contributed by atoms with E-state index in [1.165, 1.54) is 29.1 Å². The first-order valence-corrected chi connectivity index (χ1v) is 7.29. The molecule has 1 aliphatic heterocycles. The lowest BCUT2D eigenvalue weighted by Crippen LogP contribution is -2.29. The number of halogens is 2. The largest absolute Gasteiger partial charge is 0.382 e. The Balaban J connectivity index is 1.74. The molecule has 1 aliphatic rings. The molecule has 0 fully saturated rings. The van der Waals surface area contributed by atoms with E-state index >= 15 is 0 Å². The van der Waals surface area contributed by atoms with Crippen molar-refractivity contribution >= 4 is 29.0 Å². The molecule has 0 saturated carbocycles. The second-order valence-corrected chi connectivity index (χ2v) is 5.47. The molecule has 0 aliphatic carbocycles. The van der Waals surface area contributed by atoms with E-state index in [9.17, 15) is 9.18 Å². The highest BCUT2D eigenvalue weighted by atomic mass is 35.5. The average molecular weight is 348 g/mol. The maximum atomic E-state index is 13.9. The first kappa shape index (κ1) is 16.0. The van der Waals surface area contributed by atoms with Crippen LogP contribution in [0.4, 0.5) is 10.2 Å². The summed E-state index contributed by atoms with van der Waals surface area (Å²) in [6.45, 7) is 0. The van der Waals surface area contributed by atoms with E-state index in [0.29, 0.717) is 0 Å². The number of carbonyl (C=O) groups is 1. The van der Waals surface area contributed by atoms with Gasteiger partial charge in [0.1, 0.15) is 23.3 Å². The van der Waals surface area contributed by atoms with Gasteiger partial charge >= 0.3 is 0 Å². The van der Waals surface area contributed by atoms with Crippen LogP contribution < -0.4 is 5.32 Å². The van der Waals surface area contributed by atoms with E-state index < -0.39 is 17.8 Å². The van der Waals surface area contributed by atoms with Crippen LogP contribution in [0.1, 0.15) is 17.5 Å². The molecule has 1 amide bonds. The predicted molar refractivity (Wildman–Crippen MR) is 84.0 cm³/mol. The van der Waals surface area contributed by atoms with Gasteiger partial charge in [0, 0.05) is 13.5 Å². The van der Waals surface area contributed by atoms with E-state index in [0.717, 1.165) is 0 Å². The highest BCUT2D eigenvalue weighted by Gasteiger charge is 2.32. The minimum atomic E-state index is -0.947. The van der Waals surface area contributed by atoms with Crippen LogP contribution in [0.25, 0.3) is 0 Å². The van der Waals surface area contributed by atoms with Gasteiger partial charge in [-0.2, -0.15) is 10.4 Å². The lowest BCUT2D eigenvalue weighted by atomic mass is 10.0. The van der Waals surface area contributed by atoms with Crippen LogP contribution >= 0.6 is 11.6 Å². The number of nitriles is 1. The number of nitrogens with zero attached hydrogens (tertiary/aromatic N) is 4. The topological polar surface area (TPSA) is 92.3 Å². The van der Waals surface area contributed by atoms with Gasteiger partial charge in [-0.1, -0.05) is 22.8 Å². The maximum absolute atomic E-state index is 13.9. The van der Waals surface area contributed by atoms with E-state index in [1.807, 2.05) is 6.07 Å². The number of benzene rings is 1. The van der Waals surface area contributed by atoms with Gasteiger partial charge in [0.2, 0.25) is 6.10 Å². The predicted octanol–water partition coefficient (Wildman–Crippen LogP) is 2.22. The van der Waals surface area contributed by atoms with Crippen LogP contribution in [0, 0.1) is 17.1 Å². The molecular weight excluding hydrogens is 337 g/mol. The van der Waals surface area contributed by atoms with Gasteiger partial charge in [-0.15, -0.1) is 0 Å². The zero-order chi connectivity index (χ0) is 17.3. The Bertz CT molecular complexity index is 866.